The van der Waals surface area contributed by atoms with E-state index < -0.39 is 29.3 Å². The van der Waals surface area contributed by atoms with Gasteiger partial charge < -0.3 is 15.1 Å². The van der Waals surface area contributed by atoms with Crippen LogP contribution in [0.4, 0.5) is 0 Å². The topological polar surface area (TPSA) is 94.9 Å². The molecule has 1 fully saturated rings. The highest BCUT2D eigenvalue weighted by atomic mass is 16.4. The first-order chi connectivity index (χ1) is 9.93. The molecule has 1 aliphatic heterocycles. The van der Waals surface area contributed by atoms with Gasteiger partial charge in [-0.05, 0) is 12.0 Å². The van der Waals surface area contributed by atoms with E-state index >= 15 is 0 Å². The Hall–Kier alpha value is -2.37. The Morgan fingerprint density at radius 2 is 1.90 bits per heavy atom. The number of amides is 1. The summed E-state index contributed by atoms with van der Waals surface area (Å²) in [6.45, 7) is 1.60. The van der Waals surface area contributed by atoms with E-state index in [9.17, 15) is 19.5 Å². The zero-order valence-electron chi connectivity index (χ0n) is 11.7. The van der Waals surface area contributed by atoms with Crippen molar-refractivity contribution < 1.29 is 24.6 Å². The highest BCUT2D eigenvalue weighted by molar-refractivity contribution is 5.92. The molecule has 2 unspecified atom stereocenters. The Balaban J connectivity index is 2.49. The summed E-state index contributed by atoms with van der Waals surface area (Å²) < 4.78 is 0. The van der Waals surface area contributed by atoms with Crippen LogP contribution >= 0.6 is 0 Å². The first-order valence-electron chi connectivity index (χ1n) is 6.75. The number of carboxylic acid groups (broad SMARTS) is 2. The van der Waals surface area contributed by atoms with Crippen molar-refractivity contribution in [2.75, 3.05) is 6.54 Å². The van der Waals surface area contributed by atoms with Crippen LogP contribution in [0.2, 0.25) is 0 Å². The van der Waals surface area contributed by atoms with Crippen LogP contribution in [0, 0.1) is 5.92 Å². The van der Waals surface area contributed by atoms with Crippen LogP contribution in [0.3, 0.4) is 0 Å². The van der Waals surface area contributed by atoms with Crippen LogP contribution in [0.25, 0.3) is 0 Å². The summed E-state index contributed by atoms with van der Waals surface area (Å²) in [6, 6.07) is 8.48. The Morgan fingerprint density at radius 3 is 2.33 bits per heavy atom. The normalized spacial score (nSPS) is 21.1. The number of benzene rings is 1. The van der Waals surface area contributed by atoms with Crippen molar-refractivity contribution in [2.24, 2.45) is 5.92 Å². The average Bonchev–Trinajstić information content (AvgIpc) is 2.84. The molecule has 112 valence electrons. The molecule has 1 heterocycles. The molecule has 1 aromatic rings. The number of hydrogen-bond donors (Lipinski definition) is 2. The minimum Gasteiger partial charge on any atom is -0.481 e. The van der Waals surface area contributed by atoms with Gasteiger partial charge in [0.05, 0.1) is 5.92 Å². The molecule has 1 amide bonds. The number of nitrogens with zero attached hydrogens (tertiary/aromatic N) is 1. The van der Waals surface area contributed by atoms with E-state index in [0.717, 1.165) is 0 Å². The number of carbonyl (C=O) groups is 3. The molecular formula is C15H17NO5. The second-order valence-electron chi connectivity index (χ2n) is 5.13. The predicted molar refractivity (Wildman–Crippen MR) is 73.5 cm³/mol. The van der Waals surface area contributed by atoms with Gasteiger partial charge >= 0.3 is 11.9 Å². The molecule has 6 nitrogen and oxygen atoms in total. The summed E-state index contributed by atoms with van der Waals surface area (Å²) in [5.74, 6) is -3.51. The van der Waals surface area contributed by atoms with Crippen molar-refractivity contribution in [1.29, 1.82) is 0 Å². The predicted octanol–water partition coefficient (Wildman–Crippen LogP) is 1.31. The van der Waals surface area contributed by atoms with Gasteiger partial charge in [0.15, 0.2) is 5.54 Å². The summed E-state index contributed by atoms with van der Waals surface area (Å²) >= 11 is 0. The molecule has 0 saturated carbocycles. The molecule has 1 saturated heterocycles. The third-order valence-electron chi connectivity index (χ3n) is 4.05. The van der Waals surface area contributed by atoms with Gasteiger partial charge in [-0.1, -0.05) is 37.3 Å². The van der Waals surface area contributed by atoms with Gasteiger partial charge in [0.1, 0.15) is 0 Å². The summed E-state index contributed by atoms with van der Waals surface area (Å²) in [4.78, 5) is 36.4. The van der Waals surface area contributed by atoms with Crippen LogP contribution in [0.5, 0.6) is 0 Å². The number of likely N-dealkylation sites (tertiary alicyclic amines) is 1. The lowest BCUT2D eigenvalue weighted by molar-refractivity contribution is -0.158. The van der Waals surface area contributed by atoms with Gasteiger partial charge in [-0.25, -0.2) is 4.79 Å². The van der Waals surface area contributed by atoms with Gasteiger partial charge in [-0.3, -0.25) is 9.59 Å². The van der Waals surface area contributed by atoms with Crippen LogP contribution in [0.15, 0.2) is 30.3 Å². The number of hydrogen-bond acceptors (Lipinski definition) is 3. The van der Waals surface area contributed by atoms with Crippen molar-refractivity contribution in [3.63, 3.8) is 0 Å². The molecule has 2 atom stereocenters. The summed E-state index contributed by atoms with van der Waals surface area (Å²) in [6.07, 6.45) is 0.0155. The molecule has 0 spiro atoms. The van der Waals surface area contributed by atoms with Gasteiger partial charge in [0, 0.05) is 13.0 Å². The van der Waals surface area contributed by atoms with E-state index in [1.807, 2.05) is 0 Å². The Morgan fingerprint density at radius 1 is 1.29 bits per heavy atom. The maximum atomic E-state index is 12.2. The minimum absolute atomic E-state index is 0.0802. The number of carbonyl (C=O) groups excluding carboxylic acids is 1. The maximum absolute atomic E-state index is 12.2. The minimum atomic E-state index is -1.51. The molecule has 0 aliphatic carbocycles. The zero-order valence-corrected chi connectivity index (χ0v) is 11.7. The highest BCUT2D eigenvalue weighted by Gasteiger charge is 2.51. The van der Waals surface area contributed by atoms with Gasteiger partial charge in [0.2, 0.25) is 5.91 Å². The second-order valence-corrected chi connectivity index (χ2v) is 5.13. The van der Waals surface area contributed by atoms with Gasteiger partial charge in [-0.15, -0.1) is 0 Å². The average molecular weight is 291 g/mol. The molecule has 1 aliphatic rings. The third-order valence-corrected chi connectivity index (χ3v) is 4.05. The van der Waals surface area contributed by atoms with E-state index in [0.29, 0.717) is 5.56 Å². The molecule has 2 rings (SSSR count). The van der Waals surface area contributed by atoms with Gasteiger partial charge in [0.25, 0.3) is 0 Å². The van der Waals surface area contributed by atoms with E-state index in [2.05, 4.69) is 0 Å². The second kappa shape index (κ2) is 5.55. The highest BCUT2D eigenvalue weighted by Crippen LogP contribution is 2.37. The standard InChI is InChI=1S/C15H17NO5/c1-2-15(14(20)21,11-6-4-3-5-7-11)16-9-10(13(18)19)8-12(16)17/h3-7,10H,2,8-9H2,1H3,(H,18,19)(H,20,21). The molecule has 0 radical (unpaired) electrons. The van der Waals surface area contributed by atoms with Crippen molar-refractivity contribution >= 4 is 17.8 Å². The fourth-order valence-corrected chi connectivity index (χ4v) is 2.90. The smallest absolute Gasteiger partial charge is 0.334 e. The maximum Gasteiger partial charge on any atom is 0.334 e. The van der Waals surface area contributed by atoms with Crippen LogP contribution < -0.4 is 0 Å². The Labute approximate surface area is 122 Å². The van der Waals surface area contributed by atoms with Crippen LogP contribution in [-0.4, -0.2) is 39.5 Å². The largest absolute Gasteiger partial charge is 0.481 e. The van der Waals surface area contributed by atoms with E-state index in [-0.39, 0.29) is 19.4 Å². The number of aliphatic carboxylic acids is 2. The lowest BCUT2D eigenvalue weighted by Gasteiger charge is -2.38. The van der Waals surface area contributed by atoms with Crippen molar-refractivity contribution in [3.05, 3.63) is 35.9 Å². The van der Waals surface area contributed by atoms with Crippen molar-refractivity contribution in [3.8, 4) is 0 Å². The third kappa shape index (κ3) is 2.37. The molecule has 0 aromatic heterocycles. The fourth-order valence-electron chi connectivity index (χ4n) is 2.90. The Kier molecular flexibility index (Phi) is 3.97. The van der Waals surface area contributed by atoms with E-state index in [4.69, 9.17) is 5.11 Å². The lowest BCUT2D eigenvalue weighted by Crippen LogP contribution is -2.52. The SMILES string of the molecule is CCC(C(=O)O)(c1ccccc1)N1CC(C(=O)O)CC1=O. The number of rotatable bonds is 5. The van der Waals surface area contributed by atoms with Gasteiger partial charge in [-0.2, -0.15) is 0 Å². The monoisotopic (exact) mass is 291 g/mol. The molecule has 6 heteroatoms. The fraction of sp³-hybridized carbons (Fsp3) is 0.400. The Bertz CT molecular complexity index is 571. The van der Waals surface area contributed by atoms with Crippen LogP contribution in [-0.2, 0) is 19.9 Å². The molecule has 1 aromatic carbocycles. The molecular weight excluding hydrogens is 274 g/mol. The number of carboxylic acids is 2. The van der Waals surface area contributed by atoms with Crippen molar-refractivity contribution in [2.45, 2.75) is 25.3 Å². The zero-order chi connectivity index (χ0) is 15.6. The molecule has 21 heavy (non-hydrogen) atoms. The van der Waals surface area contributed by atoms with E-state index in [1.54, 1.807) is 37.3 Å². The summed E-state index contributed by atoms with van der Waals surface area (Å²) in [5, 5.41) is 18.8. The summed E-state index contributed by atoms with van der Waals surface area (Å²) in [5.41, 5.74) is -1.03. The summed E-state index contributed by atoms with van der Waals surface area (Å²) in [7, 11) is 0. The van der Waals surface area contributed by atoms with Crippen molar-refractivity contribution in [1.82, 2.24) is 4.90 Å². The van der Waals surface area contributed by atoms with E-state index in [1.165, 1.54) is 4.90 Å². The molecule has 0 bridgehead atoms. The quantitative estimate of drug-likeness (QED) is 0.853. The molecule has 2 N–H and O–H groups in total. The lowest BCUT2D eigenvalue weighted by atomic mass is 9.85. The first kappa shape index (κ1) is 15.0. The first-order valence-corrected chi connectivity index (χ1v) is 6.75. The van der Waals surface area contributed by atoms with Crippen LogP contribution in [0.1, 0.15) is 25.3 Å².